The van der Waals surface area contributed by atoms with Crippen molar-refractivity contribution in [1.82, 2.24) is 9.47 Å². The van der Waals surface area contributed by atoms with E-state index in [1.165, 1.54) is 23.4 Å². The first-order valence-electron chi connectivity index (χ1n) is 9.94. The maximum atomic E-state index is 12.1. The number of hydrogen-bond donors (Lipinski definition) is 0. The van der Waals surface area contributed by atoms with Crippen LogP contribution in [-0.4, -0.2) is 35.6 Å². The molecular weight excluding hydrogens is 322 g/mol. The molecule has 0 radical (unpaired) electrons. The first kappa shape index (κ1) is 17.3. The summed E-state index contributed by atoms with van der Waals surface area (Å²) in [6.45, 7) is 10.5. The van der Waals surface area contributed by atoms with Gasteiger partial charge in [-0.2, -0.15) is 0 Å². The number of benzene rings is 1. The summed E-state index contributed by atoms with van der Waals surface area (Å²) >= 11 is 0. The number of piperidine rings is 1. The first-order valence-corrected chi connectivity index (χ1v) is 9.94. The van der Waals surface area contributed by atoms with Crippen molar-refractivity contribution in [2.45, 2.75) is 39.3 Å². The van der Waals surface area contributed by atoms with E-state index < -0.39 is 0 Å². The predicted molar refractivity (Wildman–Crippen MR) is 107 cm³/mol. The molecule has 2 aliphatic heterocycles. The number of aromatic nitrogens is 1. The average Bonchev–Trinajstić information content (AvgIpc) is 2.65. The lowest BCUT2D eigenvalue weighted by Gasteiger charge is -2.42. The van der Waals surface area contributed by atoms with Gasteiger partial charge in [0.2, 0.25) is 0 Å². The molecule has 3 heterocycles. The monoisotopic (exact) mass is 351 g/mol. The van der Waals surface area contributed by atoms with Crippen molar-refractivity contribution in [3.63, 3.8) is 0 Å². The summed E-state index contributed by atoms with van der Waals surface area (Å²) in [5.41, 5.74) is 4.09. The van der Waals surface area contributed by atoms with Crippen LogP contribution in [-0.2, 0) is 13.1 Å². The van der Waals surface area contributed by atoms with Gasteiger partial charge in [0, 0.05) is 62.6 Å². The Labute approximate surface area is 156 Å². The molecule has 138 valence electrons. The van der Waals surface area contributed by atoms with Gasteiger partial charge in [0.05, 0.1) is 0 Å². The van der Waals surface area contributed by atoms with Crippen molar-refractivity contribution in [2.75, 3.05) is 31.1 Å². The second-order valence-corrected chi connectivity index (χ2v) is 7.73. The van der Waals surface area contributed by atoms with Crippen LogP contribution in [0.3, 0.4) is 0 Å². The van der Waals surface area contributed by atoms with Crippen LogP contribution in [0.2, 0.25) is 0 Å². The summed E-state index contributed by atoms with van der Waals surface area (Å²) < 4.78 is 2.01. The number of rotatable bonds is 5. The van der Waals surface area contributed by atoms with Gasteiger partial charge in [0.1, 0.15) is 0 Å². The van der Waals surface area contributed by atoms with E-state index in [-0.39, 0.29) is 5.56 Å². The van der Waals surface area contributed by atoms with Gasteiger partial charge in [-0.15, -0.1) is 0 Å². The summed E-state index contributed by atoms with van der Waals surface area (Å²) in [7, 11) is 0. The molecule has 4 rings (SSSR count). The van der Waals surface area contributed by atoms with Crippen LogP contribution in [0.25, 0.3) is 0 Å². The maximum Gasteiger partial charge on any atom is 0.250 e. The van der Waals surface area contributed by atoms with E-state index in [1.807, 2.05) is 10.6 Å². The molecule has 4 nitrogen and oxygen atoms in total. The second kappa shape index (κ2) is 7.28. The second-order valence-electron chi connectivity index (χ2n) is 7.73. The van der Waals surface area contributed by atoms with Gasteiger partial charge in [-0.3, -0.25) is 9.69 Å². The fourth-order valence-electron chi connectivity index (χ4n) is 4.78. The van der Waals surface area contributed by atoms with Crippen LogP contribution in [0.4, 0.5) is 5.69 Å². The molecule has 1 aromatic heterocycles. The fraction of sp³-hybridized carbons (Fsp3) is 0.500. The lowest BCUT2D eigenvalue weighted by molar-refractivity contribution is 0.114. The number of anilines is 1. The summed E-state index contributed by atoms with van der Waals surface area (Å²) in [4.78, 5) is 17.1. The standard InChI is InChI=1S/C22H29N3O/c1-3-24(4-2)20-10-8-17(9-11-20)13-23-14-18-12-19(16-23)21-6-5-7-22(26)25(21)15-18/h5-11,18-19H,3-4,12-16H2,1-2H3/t18-,19-/m1/s1. The molecule has 0 aliphatic carbocycles. The van der Waals surface area contributed by atoms with Crippen LogP contribution in [0.15, 0.2) is 47.3 Å². The van der Waals surface area contributed by atoms with Gasteiger partial charge in [0.25, 0.3) is 5.56 Å². The Kier molecular flexibility index (Phi) is 4.86. The SMILES string of the molecule is CCN(CC)c1ccc(CN2C[C@H]3C[C@H](C2)c2cccc(=O)n2C3)cc1. The van der Waals surface area contributed by atoms with Crippen molar-refractivity contribution >= 4 is 5.69 Å². The molecule has 2 aliphatic rings. The summed E-state index contributed by atoms with van der Waals surface area (Å²) in [5.74, 6) is 1.09. The molecule has 0 spiro atoms. The maximum absolute atomic E-state index is 12.1. The molecule has 2 atom stereocenters. The highest BCUT2D eigenvalue weighted by Gasteiger charge is 2.34. The zero-order valence-electron chi connectivity index (χ0n) is 15.9. The van der Waals surface area contributed by atoms with Crippen LogP contribution in [0.5, 0.6) is 0 Å². The minimum atomic E-state index is 0.164. The quantitative estimate of drug-likeness (QED) is 0.827. The summed E-state index contributed by atoms with van der Waals surface area (Å²) in [5, 5.41) is 0. The van der Waals surface area contributed by atoms with Gasteiger partial charge >= 0.3 is 0 Å². The normalized spacial score (nSPS) is 22.1. The summed E-state index contributed by atoms with van der Waals surface area (Å²) in [6.07, 6.45) is 1.22. The molecule has 1 fully saturated rings. The zero-order chi connectivity index (χ0) is 18.1. The van der Waals surface area contributed by atoms with Crippen LogP contribution in [0, 0.1) is 5.92 Å². The summed E-state index contributed by atoms with van der Waals surface area (Å²) in [6, 6.07) is 14.8. The minimum Gasteiger partial charge on any atom is -0.372 e. The Bertz CT molecular complexity index is 807. The largest absolute Gasteiger partial charge is 0.372 e. The van der Waals surface area contributed by atoms with E-state index in [1.54, 1.807) is 6.07 Å². The molecule has 2 bridgehead atoms. The molecule has 1 aromatic carbocycles. The highest BCUT2D eigenvalue weighted by molar-refractivity contribution is 5.47. The zero-order valence-corrected chi connectivity index (χ0v) is 15.9. The number of nitrogens with zero attached hydrogens (tertiary/aromatic N) is 3. The highest BCUT2D eigenvalue weighted by atomic mass is 16.1. The van der Waals surface area contributed by atoms with E-state index in [4.69, 9.17) is 0 Å². The van der Waals surface area contributed by atoms with Crippen molar-refractivity contribution < 1.29 is 0 Å². The number of fused-ring (bicyclic) bond motifs is 4. The first-order chi connectivity index (χ1) is 12.7. The highest BCUT2D eigenvalue weighted by Crippen LogP contribution is 2.35. The van der Waals surface area contributed by atoms with E-state index >= 15 is 0 Å². The lowest BCUT2D eigenvalue weighted by atomic mass is 9.83. The Morgan fingerprint density at radius 2 is 1.77 bits per heavy atom. The van der Waals surface area contributed by atoms with Gasteiger partial charge < -0.3 is 9.47 Å². The number of likely N-dealkylation sites (tertiary alicyclic amines) is 1. The van der Waals surface area contributed by atoms with Crippen LogP contribution < -0.4 is 10.5 Å². The third-order valence-corrected chi connectivity index (χ3v) is 6.03. The molecule has 0 N–H and O–H groups in total. The van der Waals surface area contributed by atoms with Gasteiger partial charge in [-0.1, -0.05) is 18.2 Å². The third-order valence-electron chi connectivity index (χ3n) is 6.03. The predicted octanol–water partition coefficient (Wildman–Crippen LogP) is 3.31. The van der Waals surface area contributed by atoms with Crippen molar-refractivity contribution in [3.05, 3.63) is 64.1 Å². The Hall–Kier alpha value is -2.07. The molecule has 26 heavy (non-hydrogen) atoms. The molecule has 4 heteroatoms. The molecule has 2 aromatic rings. The smallest absolute Gasteiger partial charge is 0.250 e. The van der Waals surface area contributed by atoms with Crippen molar-refractivity contribution in [3.8, 4) is 0 Å². The fourth-order valence-corrected chi connectivity index (χ4v) is 4.78. The third kappa shape index (κ3) is 3.30. The lowest BCUT2D eigenvalue weighted by Crippen LogP contribution is -2.46. The average molecular weight is 351 g/mol. The van der Waals surface area contributed by atoms with E-state index in [0.29, 0.717) is 11.8 Å². The van der Waals surface area contributed by atoms with Gasteiger partial charge in [0.15, 0.2) is 0 Å². The van der Waals surface area contributed by atoms with Crippen LogP contribution in [0.1, 0.15) is 37.4 Å². The van der Waals surface area contributed by atoms with E-state index in [9.17, 15) is 4.79 Å². The number of pyridine rings is 1. The number of hydrogen-bond acceptors (Lipinski definition) is 3. The molecular formula is C22H29N3O. The van der Waals surface area contributed by atoms with E-state index in [0.717, 1.165) is 39.3 Å². The Morgan fingerprint density at radius 3 is 2.50 bits per heavy atom. The molecule has 0 amide bonds. The van der Waals surface area contributed by atoms with Crippen molar-refractivity contribution in [2.24, 2.45) is 5.92 Å². The van der Waals surface area contributed by atoms with Gasteiger partial charge in [-0.25, -0.2) is 0 Å². The Balaban J connectivity index is 1.47. The molecule has 0 saturated carbocycles. The van der Waals surface area contributed by atoms with E-state index in [2.05, 4.69) is 54.0 Å². The Morgan fingerprint density at radius 1 is 1.00 bits per heavy atom. The minimum absolute atomic E-state index is 0.164. The van der Waals surface area contributed by atoms with Crippen LogP contribution >= 0.6 is 0 Å². The molecule has 0 unspecified atom stereocenters. The molecule has 1 saturated heterocycles. The van der Waals surface area contributed by atoms with Gasteiger partial charge in [-0.05, 0) is 49.9 Å². The topological polar surface area (TPSA) is 28.5 Å². The van der Waals surface area contributed by atoms with Crippen molar-refractivity contribution in [1.29, 1.82) is 0 Å².